The molecule has 0 unspecified atom stereocenters. The van der Waals surface area contributed by atoms with E-state index in [-0.39, 0.29) is 37.8 Å². The van der Waals surface area contributed by atoms with Crippen LogP contribution in [-0.2, 0) is 0 Å². The molecule has 0 amide bonds. The van der Waals surface area contributed by atoms with Crippen molar-refractivity contribution in [3.8, 4) is 0 Å². The molecule has 0 aliphatic rings. The van der Waals surface area contributed by atoms with Gasteiger partial charge in [0.15, 0.2) is 0 Å². The first-order valence-corrected chi connectivity index (χ1v) is 5.51. The number of aliphatic hydroxyl groups excluding tert-OH is 4. The van der Waals surface area contributed by atoms with E-state index >= 15 is 0 Å². The summed E-state index contributed by atoms with van der Waals surface area (Å²) in [6.07, 6.45) is -1.07. The van der Waals surface area contributed by atoms with Crippen molar-refractivity contribution in [1.82, 2.24) is 0 Å². The number of halogens is 1. The van der Waals surface area contributed by atoms with Crippen LogP contribution in [0.5, 0.6) is 0 Å². The fourth-order valence-electron chi connectivity index (χ4n) is 0.300. The number of rotatable bonds is 4. The van der Waals surface area contributed by atoms with Gasteiger partial charge in [-0.15, -0.1) is 12.4 Å². The second-order valence-electron chi connectivity index (χ2n) is 2.13. The Morgan fingerprint density at radius 3 is 0.900 bits per heavy atom. The first-order valence-electron chi connectivity index (χ1n) is 2.68. The van der Waals surface area contributed by atoms with Crippen molar-refractivity contribution < 1.29 is 20.4 Å². The monoisotopic (exact) mass is 192 g/mol. The van der Waals surface area contributed by atoms with E-state index in [1.807, 2.05) is 0 Å². The van der Waals surface area contributed by atoms with Crippen LogP contribution < -0.4 is 0 Å². The first-order chi connectivity index (χ1) is 4.24. The number of hydrogen-bond donors (Lipinski definition) is 4. The average Bonchev–Trinajstić information content (AvgIpc) is 1.95. The van der Waals surface area contributed by atoms with Crippen molar-refractivity contribution in [2.24, 2.45) is 0 Å². The van der Waals surface area contributed by atoms with Gasteiger partial charge in [-0.2, -0.15) is 0 Å². The summed E-state index contributed by atoms with van der Waals surface area (Å²) in [4.78, 5) is 0. The molecule has 0 saturated heterocycles. The molecule has 0 saturated carbocycles. The van der Waals surface area contributed by atoms with E-state index in [0.717, 1.165) is 0 Å². The summed E-state index contributed by atoms with van der Waals surface area (Å²) in [6, 6.07) is 0. The molecule has 0 spiro atoms. The summed E-state index contributed by atoms with van der Waals surface area (Å²) >= 11 is 0. The Bertz CT molecular complexity index is 60.1. The van der Waals surface area contributed by atoms with Gasteiger partial charge in [-0.3, -0.25) is 0 Å². The van der Waals surface area contributed by atoms with Crippen molar-refractivity contribution in [2.45, 2.75) is 0 Å². The number of hydrogen-bond acceptors (Lipinski definition) is 4. The second kappa shape index (κ2) is 6.28. The van der Waals surface area contributed by atoms with Gasteiger partial charge in [0, 0.05) is 0 Å². The molecule has 0 radical (unpaired) electrons. The van der Waals surface area contributed by atoms with Crippen LogP contribution in [0.2, 0.25) is 0 Å². The molecule has 0 aromatic heterocycles. The molecule has 0 rings (SSSR count). The average molecular weight is 193 g/mol. The molecular weight excluding hydrogens is 178 g/mol. The van der Waals surface area contributed by atoms with E-state index < -0.39 is 7.26 Å². The van der Waals surface area contributed by atoms with E-state index in [4.69, 9.17) is 20.4 Å². The maximum atomic E-state index is 8.56. The molecule has 0 fully saturated rings. The normalized spacial score (nSPS) is 12.4. The minimum absolute atomic E-state index is 0. The number of aliphatic hydroxyl groups is 4. The Hall–Kier alpha value is 0.560. The molecule has 4 nitrogen and oxygen atoms in total. The van der Waals surface area contributed by atoms with Crippen LogP contribution >= 0.6 is 19.7 Å². The van der Waals surface area contributed by atoms with Gasteiger partial charge in [-0.25, -0.2) is 0 Å². The minimum atomic E-state index is -2.47. The van der Waals surface area contributed by atoms with Crippen LogP contribution in [0.3, 0.4) is 0 Å². The molecule has 0 atom stereocenters. The summed E-state index contributed by atoms with van der Waals surface area (Å²) in [5, 5.41) is 34.2. The van der Waals surface area contributed by atoms with E-state index in [1.54, 1.807) is 0 Å². The maximum absolute atomic E-state index is 8.56. The van der Waals surface area contributed by atoms with Crippen LogP contribution in [0.4, 0.5) is 0 Å². The van der Waals surface area contributed by atoms with Crippen molar-refractivity contribution in [2.75, 3.05) is 25.4 Å². The van der Waals surface area contributed by atoms with Crippen LogP contribution in [0.15, 0.2) is 0 Å². The van der Waals surface area contributed by atoms with Crippen molar-refractivity contribution in [3.63, 3.8) is 0 Å². The molecule has 66 valence electrons. The van der Waals surface area contributed by atoms with Crippen molar-refractivity contribution >= 4 is 19.7 Å². The van der Waals surface area contributed by atoms with E-state index in [1.165, 1.54) is 0 Å². The molecule has 0 aromatic carbocycles. The molecule has 10 heavy (non-hydrogen) atoms. The van der Waals surface area contributed by atoms with Gasteiger partial charge in [0.1, 0.15) is 0 Å². The zero-order valence-electron chi connectivity index (χ0n) is 5.53. The van der Waals surface area contributed by atoms with E-state index in [2.05, 4.69) is 0 Å². The van der Waals surface area contributed by atoms with Crippen LogP contribution in [0.1, 0.15) is 0 Å². The van der Waals surface area contributed by atoms with Gasteiger partial charge in [-0.05, 0) is 0 Å². The van der Waals surface area contributed by atoms with Gasteiger partial charge in [0.05, 0.1) is 0 Å². The van der Waals surface area contributed by atoms with Crippen LogP contribution in [0, 0.1) is 0 Å². The Kier molecular flexibility index (Phi) is 8.27. The summed E-state index contributed by atoms with van der Waals surface area (Å²) in [6.45, 7) is 0. The molecule has 0 aliphatic carbocycles. The fraction of sp³-hybridized carbons (Fsp3) is 1.00. The van der Waals surface area contributed by atoms with Crippen molar-refractivity contribution in [1.29, 1.82) is 0 Å². The van der Waals surface area contributed by atoms with Gasteiger partial charge in [0.25, 0.3) is 0 Å². The first kappa shape index (κ1) is 13.2. The standard InChI is InChI=1S/C4H13O4P.ClH/c5-1-9(2-6,3-7)4-8;/h5-9H,1-4H2;1H. The molecular formula is C4H14ClO4P. The van der Waals surface area contributed by atoms with E-state index in [9.17, 15) is 0 Å². The van der Waals surface area contributed by atoms with Gasteiger partial charge < -0.3 is 0 Å². The van der Waals surface area contributed by atoms with Crippen LogP contribution in [0.25, 0.3) is 0 Å². The summed E-state index contributed by atoms with van der Waals surface area (Å²) < 4.78 is 0. The van der Waals surface area contributed by atoms with Crippen LogP contribution in [-0.4, -0.2) is 45.8 Å². The molecule has 0 aliphatic heterocycles. The Labute approximate surface area is 66.2 Å². The zero-order chi connectivity index (χ0) is 7.33. The van der Waals surface area contributed by atoms with Crippen molar-refractivity contribution in [3.05, 3.63) is 0 Å². The predicted octanol–water partition coefficient (Wildman–Crippen LogP) is -1.04. The summed E-state index contributed by atoms with van der Waals surface area (Å²) in [5.74, 6) is 0. The second-order valence-corrected chi connectivity index (χ2v) is 6.40. The Balaban J connectivity index is 0. The third-order valence-corrected chi connectivity index (χ3v) is 4.02. The quantitative estimate of drug-likeness (QED) is 0.429. The Morgan fingerprint density at radius 1 is 0.700 bits per heavy atom. The summed E-state index contributed by atoms with van der Waals surface area (Å²) in [7, 11) is -2.47. The van der Waals surface area contributed by atoms with Gasteiger partial charge >= 0.3 is 53.1 Å². The molecule has 4 N–H and O–H groups in total. The fourth-order valence-corrected chi connectivity index (χ4v) is 0.900. The van der Waals surface area contributed by atoms with Gasteiger partial charge in [0.2, 0.25) is 0 Å². The molecule has 6 heteroatoms. The Morgan fingerprint density at radius 2 is 0.900 bits per heavy atom. The topological polar surface area (TPSA) is 80.9 Å². The van der Waals surface area contributed by atoms with E-state index in [0.29, 0.717) is 0 Å². The van der Waals surface area contributed by atoms with Gasteiger partial charge in [-0.1, -0.05) is 0 Å². The third-order valence-electron chi connectivity index (χ3n) is 1.34. The zero-order valence-corrected chi connectivity index (χ0v) is 7.34. The molecule has 0 aromatic rings. The predicted molar refractivity (Wildman–Crippen MR) is 43.9 cm³/mol. The molecule has 0 heterocycles. The third kappa shape index (κ3) is 3.10. The molecule has 0 bridgehead atoms. The SMILES string of the molecule is Cl.OC[PH](CO)(CO)CO. The summed E-state index contributed by atoms with van der Waals surface area (Å²) in [5.41, 5.74) is 0.